The number of carbonyl (C=O) groups is 1. The molecular weight excluding hydrogens is 340 g/mol. The lowest BCUT2D eigenvalue weighted by Gasteiger charge is -2.42. The third-order valence-electron chi connectivity index (χ3n) is 6.44. The summed E-state index contributed by atoms with van der Waals surface area (Å²) in [6.07, 6.45) is 12.9. The number of hydrogen-bond donors (Lipinski definition) is 0. The molecule has 146 valence electrons. The zero-order valence-corrected chi connectivity index (χ0v) is 16.1. The van der Waals surface area contributed by atoms with Crippen LogP contribution in [-0.2, 0) is 20.9 Å². The number of rotatable bonds is 6. The maximum Gasteiger partial charge on any atom is 0.249 e. The zero-order chi connectivity index (χ0) is 18.5. The molecule has 4 rings (SSSR count). The number of pyridine rings is 1. The average Bonchev–Trinajstić information content (AvgIpc) is 3.37. The minimum absolute atomic E-state index is 0.0408. The highest BCUT2D eigenvalue weighted by molar-refractivity contribution is 5.93. The van der Waals surface area contributed by atoms with Gasteiger partial charge in [0.15, 0.2) is 0 Å². The van der Waals surface area contributed by atoms with Crippen molar-refractivity contribution >= 4 is 5.91 Å². The second-order valence-electron chi connectivity index (χ2n) is 8.01. The van der Waals surface area contributed by atoms with Gasteiger partial charge in [-0.15, -0.1) is 0 Å². The molecule has 3 aliphatic rings. The van der Waals surface area contributed by atoms with Gasteiger partial charge in [0, 0.05) is 44.3 Å². The predicted octanol–water partition coefficient (Wildman–Crippen LogP) is 3.50. The van der Waals surface area contributed by atoms with Crippen LogP contribution in [0, 0.1) is 5.92 Å². The molecule has 0 N–H and O–H groups in total. The molecule has 2 fully saturated rings. The average molecular weight is 370 g/mol. The molecule has 0 radical (unpaired) electrons. The number of allylic oxidation sites excluding steroid dienone is 1. The maximum atomic E-state index is 12.6. The summed E-state index contributed by atoms with van der Waals surface area (Å²) in [6.45, 7) is 3.89. The fourth-order valence-corrected chi connectivity index (χ4v) is 4.80. The molecule has 0 saturated carbocycles. The Bertz CT molecular complexity index is 665. The van der Waals surface area contributed by atoms with Crippen LogP contribution in [0.25, 0.3) is 0 Å². The van der Waals surface area contributed by atoms with Crippen LogP contribution < -0.4 is 0 Å². The number of ether oxygens (including phenoxy) is 2. The van der Waals surface area contributed by atoms with Crippen molar-refractivity contribution in [3.63, 3.8) is 0 Å². The van der Waals surface area contributed by atoms with Gasteiger partial charge in [-0.2, -0.15) is 0 Å². The van der Waals surface area contributed by atoms with E-state index in [4.69, 9.17) is 9.47 Å². The van der Waals surface area contributed by atoms with Gasteiger partial charge in [-0.3, -0.25) is 9.78 Å². The Morgan fingerprint density at radius 3 is 2.85 bits per heavy atom. The number of piperidine rings is 1. The number of hydrogen-bond acceptors (Lipinski definition) is 4. The molecule has 1 atom stereocenters. The molecule has 0 bridgehead atoms. The van der Waals surface area contributed by atoms with Crippen LogP contribution in [0.5, 0.6) is 0 Å². The van der Waals surface area contributed by atoms with Crippen molar-refractivity contribution < 1.29 is 14.3 Å². The number of likely N-dealkylation sites (tertiary alicyclic amines) is 1. The van der Waals surface area contributed by atoms with Crippen molar-refractivity contribution in [2.75, 3.05) is 26.3 Å². The van der Waals surface area contributed by atoms with Gasteiger partial charge in [0.05, 0.1) is 12.2 Å². The molecule has 1 spiro atoms. The maximum absolute atomic E-state index is 12.6. The van der Waals surface area contributed by atoms with Gasteiger partial charge >= 0.3 is 0 Å². The standard InChI is InChI=1S/C22H30N2O3/c25-21(19-3-1-2-4-19)24-13-9-22(10-14-24)20(8-16-27-22)7-15-26-17-18-5-11-23-12-6-18/h3,5-6,11-12,20H,1-2,4,7-10,13-17H2/t20-/m0/s1. The first-order chi connectivity index (χ1) is 13.3. The third kappa shape index (κ3) is 4.25. The largest absolute Gasteiger partial charge is 0.377 e. The Labute approximate surface area is 161 Å². The summed E-state index contributed by atoms with van der Waals surface area (Å²) in [6, 6.07) is 3.99. The molecule has 2 aliphatic heterocycles. The van der Waals surface area contributed by atoms with Gasteiger partial charge in [0.25, 0.3) is 0 Å². The van der Waals surface area contributed by atoms with E-state index in [1.165, 1.54) is 0 Å². The predicted molar refractivity (Wildman–Crippen MR) is 103 cm³/mol. The summed E-state index contributed by atoms with van der Waals surface area (Å²) in [5, 5.41) is 0. The van der Waals surface area contributed by atoms with Crippen LogP contribution in [0.4, 0.5) is 0 Å². The molecule has 5 heteroatoms. The highest BCUT2D eigenvalue weighted by Gasteiger charge is 2.46. The van der Waals surface area contributed by atoms with E-state index >= 15 is 0 Å². The molecule has 27 heavy (non-hydrogen) atoms. The lowest BCUT2D eigenvalue weighted by Crippen LogP contribution is -2.49. The summed E-state index contributed by atoms with van der Waals surface area (Å²) < 4.78 is 12.1. The fraction of sp³-hybridized carbons (Fsp3) is 0.636. The molecule has 1 aromatic heterocycles. The molecule has 1 aromatic rings. The van der Waals surface area contributed by atoms with Gasteiger partial charge in [-0.05, 0) is 68.6 Å². The van der Waals surface area contributed by atoms with Gasteiger partial charge < -0.3 is 14.4 Å². The van der Waals surface area contributed by atoms with Crippen molar-refractivity contribution in [1.82, 2.24) is 9.88 Å². The van der Waals surface area contributed by atoms with E-state index in [1.54, 1.807) is 12.4 Å². The molecule has 0 aromatic carbocycles. The van der Waals surface area contributed by atoms with Crippen molar-refractivity contribution in [3.05, 3.63) is 41.7 Å². The van der Waals surface area contributed by atoms with E-state index in [-0.39, 0.29) is 11.5 Å². The lowest BCUT2D eigenvalue weighted by molar-refractivity contribution is -0.134. The highest BCUT2D eigenvalue weighted by Crippen LogP contribution is 2.42. The molecule has 0 unspecified atom stereocenters. The second kappa shape index (κ2) is 8.53. The quantitative estimate of drug-likeness (QED) is 0.719. The first-order valence-corrected chi connectivity index (χ1v) is 10.4. The van der Waals surface area contributed by atoms with E-state index in [0.717, 1.165) is 82.4 Å². The van der Waals surface area contributed by atoms with E-state index in [9.17, 15) is 4.79 Å². The summed E-state index contributed by atoms with van der Waals surface area (Å²) in [5.41, 5.74) is 2.15. The van der Waals surface area contributed by atoms with E-state index in [1.807, 2.05) is 17.0 Å². The Kier molecular flexibility index (Phi) is 5.89. The summed E-state index contributed by atoms with van der Waals surface area (Å²) in [5.74, 6) is 0.801. The van der Waals surface area contributed by atoms with E-state index < -0.39 is 0 Å². The third-order valence-corrected chi connectivity index (χ3v) is 6.44. The fourth-order valence-electron chi connectivity index (χ4n) is 4.80. The minimum atomic E-state index is -0.0408. The van der Waals surface area contributed by atoms with Crippen molar-refractivity contribution in [2.45, 2.75) is 57.2 Å². The van der Waals surface area contributed by atoms with Gasteiger partial charge in [-0.25, -0.2) is 0 Å². The molecule has 1 aliphatic carbocycles. The van der Waals surface area contributed by atoms with Crippen LogP contribution in [0.15, 0.2) is 36.2 Å². The molecule has 1 amide bonds. The van der Waals surface area contributed by atoms with Crippen molar-refractivity contribution in [3.8, 4) is 0 Å². The SMILES string of the molecule is O=C(C1=CCCC1)N1CCC2(CC1)OCC[C@@H]2CCOCc1ccncc1. The first kappa shape index (κ1) is 18.6. The Hall–Kier alpha value is -1.72. The molecule has 5 nitrogen and oxygen atoms in total. The van der Waals surface area contributed by atoms with Gasteiger partial charge in [-0.1, -0.05) is 6.08 Å². The Morgan fingerprint density at radius 2 is 2.11 bits per heavy atom. The van der Waals surface area contributed by atoms with Gasteiger partial charge in [0.2, 0.25) is 5.91 Å². The first-order valence-electron chi connectivity index (χ1n) is 10.4. The monoisotopic (exact) mass is 370 g/mol. The number of amides is 1. The Morgan fingerprint density at radius 1 is 1.30 bits per heavy atom. The number of aromatic nitrogens is 1. The van der Waals surface area contributed by atoms with Crippen LogP contribution in [0.3, 0.4) is 0 Å². The van der Waals surface area contributed by atoms with Crippen molar-refractivity contribution in [1.29, 1.82) is 0 Å². The van der Waals surface area contributed by atoms with E-state index in [2.05, 4.69) is 11.1 Å². The number of nitrogens with zero attached hydrogens (tertiary/aromatic N) is 2. The smallest absolute Gasteiger partial charge is 0.249 e. The normalized spacial score (nSPS) is 24.4. The molecule has 2 saturated heterocycles. The topological polar surface area (TPSA) is 51.7 Å². The van der Waals surface area contributed by atoms with Crippen LogP contribution in [0.1, 0.15) is 50.5 Å². The number of carbonyl (C=O) groups excluding carboxylic acids is 1. The summed E-state index contributed by atoms with van der Waals surface area (Å²) in [4.78, 5) is 18.7. The Balaban J connectivity index is 1.25. The van der Waals surface area contributed by atoms with Gasteiger partial charge in [0.1, 0.15) is 0 Å². The van der Waals surface area contributed by atoms with Crippen molar-refractivity contribution in [2.24, 2.45) is 5.92 Å². The summed E-state index contributed by atoms with van der Waals surface area (Å²) >= 11 is 0. The van der Waals surface area contributed by atoms with E-state index in [0.29, 0.717) is 12.5 Å². The second-order valence-corrected chi connectivity index (χ2v) is 8.01. The van der Waals surface area contributed by atoms with Crippen LogP contribution in [0.2, 0.25) is 0 Å². The lowest BCUT2D eigenvalue weighted by atomic mass is 9.78. The highest BCUT2D eigenvalue weighted by atomic mass is 16.5. The minimum Gasteiger partial charge on any atom is -0.377 e. The zero-order valence-electron chi connectivity index (χ0n) is 16.1. The molecule has 3 heterocycles. The van der Waals surface area contributed by atoms with Crippen LogP contribution >= 0.6 is 0 Å². The summed E-state index contributed by atoms with van der Waals surface area (Å²) in [7, 11) is 0. The molecular formula is C22H30N2O3. The van der Waals surface area contributed by atoms with Crippen LogP contribution in [-0.4, -0.2) is 47.7 Å².